The molecule has 3 atom stereocenters. The van der Waals surface area contributed by atoms with Crippen LogP contribution in [0.5, 0.6) is 0 Å². The monoisotopic (exact) mass is 269 g/mol. The van der Waals surface area contributed by atoms with Gasteiger partial charge in [-0.1, -0.05) is 0 Å². The van der Waals surface area contributed by atoms with E-state index in [1.807, 2.05) is 0 Å². The molecule has 0 spiro atoms. The molecule has 6 nitrogen and oxygen atoms in total. The van der Waals surface area contributed by atoms with Gasteiger partial charge in [-0.2, -0.15) is 0 Å². The Kier molecular flexibility index (Phi) is 4.29. The Balaban J connectivity index is 1.80. The highest BCUT2D eigenvalue weighted by atomic mass is 16.4. The van der Waals surface area contributed by atoms with Gasteiger partial charge < -0.3 is 20.6 Å². The zero-order valence-electron chi connectivity index (χ0n) is 11.6. The maximum absolute atomic E-state index is 11.9. The molecule has 6 heteroatoms. The van der Waals surface area contributed by atoms with Crippen molar-refractivity contribution >= 4 is 12.0 Å². The molecule has 3 fully saturated rings. The lowest BCUT2D eigenvalue weighted by atomic mass is 9.84. The molecule has 3 N–H and O–H groups in total. The van der Waals surface area contributed by atoms with Crippen LogP contribution in [0.4, 0.5) is 4.79 Å². The van der Waals surface area contributed by atoms with E-state index in [0.29, 0.717) is 5.92 Å². The van der Waals surface area contributed by atoms with E-state index in [1.165, 1.54) is 0 Å². The second-order valence-corrected chi connectivity index (χ2v) is 5.78. The number of nitrogens with one attached hydrogen (secondary N) is 2. The smallest absolute Gasteiger partial charge is 0.315 e. The number of amides is 2. The van der Waals surface area contributed by atoms with Crippen LogP contribution >= 0.6 is 0 Å². The summed E-state index contributed by atoms with van der Waals surface area (Å²) in [7, 11) is 0. The lowest BCUT2D eigenvalue weighted by Crippen LogP contribution is -2.59. The zero-order chi connectivity index (χ0) is 14.0. The van der Waals surface area contributed by atoms with Gasteiger partial charge in [0.2, 0.25) is 0 Å². The van der Waals surface area contributed by atoms with Gasteiger partial charge in [0.15, 0.2) is 0 Å². The Hall–Kier alpha value is -1.30. The Bertz CT molecular complexity index is 353. The van der Waals surface area contributed by atoms with Crippen LogP contribution in [0.3, 0.4) is 0 Å². The van der Waals surface area contributed by atoms with Gasteiger partial charge in [-0.15, -0.1) is 0 Å². The number of carboxylic acid groups (broad SMARTS) is 1. The molecule has 108 valence electrons. The number of aliphatic carboxylic acids is 1. The average molecular weight is 269 g/mol. The first-order chi connectivity index (χ1) is 8.97. The van der Waals surface area contributed by atoms with E-state index >= 15 is 0 Å². The largest absolute Gasteiger partial charge is 0.481 e. The van der Waals surface area contributed by atoms with E-state index in [-0.39, 0.29) is 18.1 Å². The van der Waals surface area contributed by atoms with Gasteiger partial charge in [0.05, 0.1) is 5.92 Å². The van der Waals surface area contributed by atoms with Crippen molar-refractivity contribution in [2.24, 2.45) is 11.8 Å². The highest BCUT2D eigenvalue weighted by Crippen LogP contribution is 2.27. The summed E-state index contributed by atoms with van der Waals surface area (Å²) < 4.78 is 0. The average Bonchev–Trinajstić information content (AvgIpc) is 2.38. The Morgan fingerprint density at radius 1 is 1.26 bits per heavy atom. The summed E-state index contributed by atoms with van der Waals surface area (Å²) in [5.74, 6) is -0.907. The van der Waals surface area contributed by atoms with Gasteiger partial charge >= 0.3 is 12.0 Å². The fourth-order valence-electron chi connectivity index (χ4n) is 2.88. The molecule has 2 bridgehead atoms. The predicted molar refractivity (Wildman–Crippen MR) is 70.9 cm³/mol. The van der Waals surface area contributed by atoms with Crippen LogP contribution in [0.2, 0.25) is 0 Å². The molecule has 0 aromatic rings. The van der Waals surface area contributed by atoms with E-state index in [4.69, 9.17) is 5.11 Å². The van der Waals surface area contributed by atoms with Crippen LogP contribution in [0, 0.1) is 11.8 Å². The molecular weight excluding hydrogens is 246 g/mol. The maximum Gasteiger partial charge on any atom is 0.315 e. The first-order valence-corrected chi connectivity index (χ1v) is 6.99. The normalized spacial score (nSPS) is 32.4. The SMILES string of the molecule is CC(NC(=O)NC1CN2CCC1CC2)C(C)C(=O)O. The van der Waals surface area contributed by atoms with Crippen molar-refractivity contribution in [2.75, 3.05) is 19.6 Å². The molecule has 2 amide bonds. The molecule has 3 heterocycles. The lowest BCUT2D eigenvalue weighted by Gasteiger charge is -2.45. The summed E-state index contributed by atoms with van der Waals surface area (Å²) in [4.78, 5) is 25.1. The number of hydrogen-bond donors (Lipinski definition) is 3. The van der Waals surface area contributed by atoms with Crippen molar-refractivity contribution in [3.63, 3.8) is 0 Å². The van der Waals surface area contributed by atoms with Gasteiger partial charge in [0.1, 0.15) is 0 Å². The molecule has 0 aromatic heterocycles. The van der Waals surface area contributed by atoms with Crippen molar-refractivity contribution in [3.8, 4) is 0 Å². The van der Waals surface area contributed by atoms with Crippen molar-refractivity contribution in [1.29, 1.82) is 0 Å². The third-order valence-electron chi connectivity index (χ3n) is 4.47. The van der Waals surface area contributed by atoms with E-state index in [1.54, 1.807) is 13.8 Å². The van der Waals surface area contributed by atoms with Crippen LogP contribution in [-0.4, -0.2) is 53.7 Å². The summed E-state index contributed by atoms with van der Waals surface area (Å²) in [6, 6.07) is -0.423. The number of carbonyl (C=O) groups is 2. The topological polar surface area (TPSA) is 81.7 Å². The third kappa shape index (κ3) is 3.37. The first-order valence-electron chi connectivity index (χ1n) is 6.99. The molecule has 3 aliphatic rings. The Labute approximate surface area is 113 Å². The minimum Gasteiger partial charge on any atom is -0.481 e. The summed E-state index contributed by atoms with van der Waals surface area (Å²) in [5, 5.41) is 14.6. The van der Waals surface area contributed by atoms with Gasteiger partial charge in [-0.25, -0.2) is 4.79 Å². The Morgan fingerprint density at radius 2 is 1.89 bits per heavy atom. The number of piperidine rings is 3. The Morgan fingerprint density at radius 3 is 2.37 bits per heavy atom. The van der Waals surface area contributed by atoms with Gasteiger partial charge in [-0.3, -0.25) is 4.79 Å². The second-order valence-electron chi connectivity index (χ2n) is 5.78. The van der Waals surface area contributed by atoms with Gasteiger partial charge in [-0.05, 0) is 45.7 Å². The first kappa shape index (κ1) is 14.1. The fourth-order valence-corrected chi connectivity index (χ4v) is 2.88. The molecule has 3 aliphatic heterocycles. The number of fused-ring (bicyclic) bond motifs is 3. The molecule has 3 rings (SSSR count). The molecule has 0 radical (unpaired) electrons. The molecule has 0 saturated carbocycles. The second kappa shape index (κ2) is 5.77. The van der Waals surface area contributed by atoms with Crippen molar-refractivity contribution < 1.29 is 14.7 Å². The third-order valence-corrected chi connectivity index (χ3v) is 4.47. The number of carboxylic acids is 1. The minimum absolute atomic E-state index is 0.204. The van der Waals surface area contributed by atoms with Crippen molar-refractivity contribution in [3.05, 3.63) is 0 Å². The van der Waals surface area contributed by atoms with E-state index in [9.17, 15) is 9.59 Å². The van der Waals surface area contributed by atoms with Crippen LogP contribution in [0.15, 0.2) is 0 Å². The molecule has 19 heavy (non-hydrogen) atoms. The zero-order valence-corrected chi connectivity index (χ0v) is 11.6. The summed E-state index contributed by atoms with van der Waals surface area (Å²) >= 11 is 0. The summed E-state index contributed by atoms with van der Waals surface area (Å²) in [5.41, 5.74) is 0. The fraction of sp³-hybridized carbons (Fsp3) is 0.846. The van der Waals surface area contributed by atoms with E-state index in [0.717, 1.165) is 32.5 Å². The van der Waals surface area contributed by atoms with Crippen molar-refractivity contribution in [1.82, 2.24) is 15.5 Å². The number of urea groups is 1. The number of carbonyl (C=O) groups excluding carboxylic acids is 1. The van der Waals surface area contributed by atoms with Gasteiger partial charge in [0, 0.05) is 18.6 Å². The predicted octanol–water partition coefficient (Wildman–Crippen LogP) is 0.489. The quantitative estimate of drug-likeness (QED) is 0.693. The van der Waals surface area contributed by atoms with E-state index in [2.05, 4.69) is 15.5 Å². The molecule has 0 aliphatic carbocycles. The molecule has 3 unspecified atom stereocenters. The van der Waals surface area contributed by atoms with Crippen LogP contribution in [0.1, 0.15) is 26.7 Å². The lowest BCUT2D eigenvalue weighted by molar-refractivity contribution is -0.141. The standard InChI is InChI=1S/C13H23N3O3/c1-8(12(17)18)9(2)14-13(19)15-11-7-16-5-3-10(11)4-6-16/h8-11H,3-7H2,1-2H3,(H,17,18)(H2,14,15,19). The highest BCUT2D eigenvalue weighted by Gasteiger charge is 2.35. The van der Waals surface area contributed by atoms with Crippen LogP contribution in [-0.2, 0) is 4.79 Å². The molecule has 3 saturated heterocycles. The molecule has 0 aromatic carbocycles. The van der Waals surface area contributed by atoms with E-state index < -0.39 is 11.9 Å². The number of hydrogen-bond acceptors (Lipinski definition) is 3. The van der Waals surface area contributed by atoms with Gasteiger partial charge in [0.25, 0.3) is 0 Å². The highest BCUT2D eigenvalue weighted by molar-refractivity contribution is 5.76. The summed E-state index contributed by atoms with van der Waals surface area (Å²) in [6.07, 6.45) is 2.29. The van der Waals surface area contributed by atoms with Crippen LogP contribution < -0.4 is 10.6 Å². The number of rotatable bonds is 4. The number of nitrogens with zero attached hydrogens (tertiary/aromatic N) is 1. The maximum atomic E-state index is 11.9. The van der Waals surface area contributed by atoms with Crippen LogP contribution in [0.25, 0.3) is 0 Å². The molecular formula is C13H23N3O3. The minimum atomic E-state index is -0.893. The summed E-state index contributed by atoms with van der Waals surface area (Å²) in [6.45, 7) is 6.51. The van der Waals surface area contributed by atoms with Crippen molar-refractivity contribution in [2.45, 2.75) is 38.8 Å².